The van der Waals surface area contributed by atoms with Crippen LogP contribution in [0.4, 0.5) is 10.2 Å². The molecule has 2 aliphatic rings. The summed E-state index contributed by atoms with van der Waals surface area (Å²) in [4.78, 5) is 35.2. The van der Waals surface area contributed by atoms with Crippen molar-refractivity contribution in [3.63, 3.8) is 0 Å². The smallest absolute Gasteiger partial charge is 0.414 e. The maximum absolute atomic E-state index is 14.8. The number of aromatic nitrogens is 3. The summed E-state index contributed by atoms with van der Waals surface area (Å²) in [5, 5.41) is 11.0. The minimum absolute atomic E-state index is 0.0894. The van der Waals surface area contributed by atoms with Crippen molar-refractivity contribution in [1.82, 2.24) is 24.3 Å². The molecule has 0 radical (unpaired) electrons. The van der Waals surface area contributed by atoms with Crippen molar-refractivity contribution in [2.75, 3.05) is 32.8 Å². The molecule has 11 heteroatoms. The molecule has 182 valence electrons. The summed E-state index contributed by atoms with van der Waals surface area (Å²) >= 11 is 0. The molecule has 2 aliphatic heterocycles. The Morgan fingerprint density at radius 1 is 1.11 bits per heavy atom. The van der Waals surface area contributed by atoms with E-state index < -0.39 is 10.7 Å². The lowest BCUT2D eigenvalue weighted by Gasteiger charge is -2.24. The Morgan fingerprint density at radius 2 is 1.94 bits per heavy atom. The number of nitro groups is 1. The van der Waals surface area contributed by atoms with Crippen molar-refractivity contribution < 1.29 is 18.8 Å². The van der Waals surface area contributed by atoms with Gasteiger partial charge in [-0.25, -0.2) is 4.39 Å². The van der Waals surface area contributed by atoms with E-state index in [0.29, 0.717) is 57.1 Å². The van der Waals surface area contributed by atoms with Crippen molar-refractivity contribution >= 4 is 11.7 Å². The molecule has 35 heavy (non-hydrogen) atoms. The average molecular weight is 481 g/mol. The molecule has 1 amide bonds. The van der Waals surface area contributed by atoms with Gasteiger partial charge in [-0.1, -0.05) is 6.07 Å². The Morgan fingerprint density at radius 3 is 2.71 bits per heavy atom. The van der Waals surface area contributed by atoms with E-state index in [1.165, 1.54) is 18.3 Å². The SMILES string of the molecule is O=C(c1ccc(-c2cc(CN3CCOc4nc([N+](=O)[O-])cn4CC3)ccn2)cc1F)N1CCCC1. The van der Waals surface area contributed by atoms with E-state index in [-0.39, 0.29) is 23.3 Å². The van der Waals surface area contributed by atoms with Crippen LogP contribution in [0.2, 0.25) is 0 Å². The summed E-state index contributed by atoms with van der Waals surface area (Å²) in [5.41, 5.74) is 2.31. The molecule has 5 rings (SSSR count). The zero-order chi connectivity index (χ0) is 24.4. The normalized spacial score (nSPS) is 16.3. The lowest BCUT2D eigenvalue weighted by Crippen LogP contribution is -2.33. The van der Waals surface area contributed by atoms with Crippen LogP contribution in [0.3, 0.4) is 0 Å². The van der Waals surface area contributed by atoms with Gasteiger partial charge in [0.1, 0.15) is 18.6 Å². The summed E-state index contributed by atoms with van der Waals surface area (Å²) in [7, 11) is 0. The summed E-state index contributed by atoms with van der Waals surface area (Å²) in [6, 6.07) is 8.71. The summed E-state index contributed by atoms with van der Waals surface area (Å²) in [6.07, 6.45) is 4.98. The third kappa shape index (κ3) is 4.99. The fourth-order valence-corrected chi connectivity index (χ4v) is 4.46. The first kappa shape index (κ1) is 22.9. The Labute approximate surface area is 201 Å². The molecule has 0 saturated carbocycles. The number of hydrogen-bond acceptors (Lipinski definition) is 7. The van der Waals surface area contributed by atoms with E-state index in [1.54, 1.807) is 21.7 Å². The number of fused-ring (bicyclic) bond motifs is 1. The van der Waals surface area contributed by atoms with Crippen LogP contribution < -0.4 is 4.74 Å². The van der Waals surface area contributed by atoms with E-state index in [9.17, 15) is 19.3 Å². The van der Waals surface area contributed by atoms with Crippen LogP contribution in [0.5, 0.6) is 6.01 Å². The number of rotatable bonds is 5. The minimum atomic E-state index is -0.544. The molecule has 2 aromatic heterocycles. The van der Waals surface area contributed by atoms with Crippen LogP contribution in [0.1, 0.15) is 28.8 Å². The monoisotopic (exact) mass is 480 g/mol. The number of hydrogen-bond donors (Lipinski definition) is 0. The Balaban J connectivity index is 1.28. The van der Waals surface area contributed by atoms with Crippen LogP contribution in [0.25, 0.3) is 11.3 Å². The van der Waals surface area contributed by atoms with Crippen molar-refractivity contribution in [1.29, 1.82) is 0 Å². The van der Waals surface area contributed by atoms with E-state index >= 15 is 0 Å². The van der Waals surface area contributed by atoms with Gasteiger partial charge in [-0.05, 0) is 47.6 Å². The van der Waals surface area contributed by atoms with E-state index in [1.807, 2.05) is 12.1 Å². The summed E-state index contributed by atoms with van der Waals surface area (Å²) in [6.45, 7) is 4.09. The van der Waals surface area contributed by atoms with E-state index in [4.69, 9.17) is 4.74 Å². The Bertz CT molecular complexity index is 1260. The standard InChI is InChI=1S/C24H25FN6O4/c25-20-14-18(3-4-19(20)23(32)29-7-1-2-8-29)21-13-17(5-6-26-21)15-28-9-10-30-16-22(31(33)34)27-24(30)35-12-11-28/h3-6,13-14,16H,1-2,7-12,15H2. The first-order chi connectivity index (χ1) is 17.0. The summed E-state index contributed by atoms with van der Waals surface area (Å²) in [5.74, 6) is -1.04. The molecule has 0 atom stereocenters. The molecule has 10 nitrogen and oxygen atoms in total. The highest BCUT2D eigenvalue weighted by atomic mass is 19.1. The van der Waals surface area contributed by atoms with Crippen molar-refractivity contribution in [2.45, 2.75) is 25.9 Å². The maximum atomic E-state index is 14.8. The zero-order valence-electron chi connectivity index (χ0n) is 19.1. The average Bonchev–Trinajstić information content (AvgIpc) is 3.51. The second-order valence-corrected chi connectivity index (χ2v) is 8.70. The fraction of sp³-hybridized carbons (Fsp3) is 0.375. The van der Waals surface area contributed by atoms with Gasteiger partial charge in [0.25, 0.3) is 5.91 Å². The molecule has 3 aromatic rings. The van der Waals surface area contributed by atoms with Crippen LogP contribution in [-0.4, -0.2) is 68.0 Å². The number of halogens is 1. The molecule has 0 N–H and O–H groups in total. The molecule has 1 fully saturated rings. The molecule has 0 spiro atoms. The molecule has 0 aliphatic carbocycles. The minimum Gasteiger partial charge on any atom is -0.444 e. The highest BCUT2D eigenvalue weighted by Crippen LogP contribution is 2.24. The summed E-state index contributed by atoms with van der Waals surface area (Å²) < 4.78 is 22.1. The van der Waals surface area contributed by atoms with Gasteiger partial charge in [0, 0.05) is 56.0 Å². The second-order valence-electron chi connectivity index (χ2n) is 8.70. The number of likely N-dealkylation sites (tertiary alicyclic amines) is 1. The predicted molar refractivity (Wildman–Crippen MR) is 124 cm³/mol. The molecular formula is C24H25FN6O4. The van der Waals surface area contributed by atoms with E-state index in [2.05, 4.69) is 14.9 Å². The van der Waals surface area contributed by atoms with Gasteiger partial charge >= 0.3 is 11.8 Å². The van der Waals surface area contributed by atoms with Gasteiger partial charge < -0.3 is 19.8 Å². The highest BCUT2D eigenvalue weighted by Gasteiger charge is 2.24. The lowest BCUT2D eigenvalue weighted by molar-refractivity contribution is -0.389. The third-order valence-electron chi connectivity index (χ3n) is 6.33. The quantitative estimate of drug-likeness (QED) is 0.408. The largest absolute Gasteiger partial charge is 0.444 e. The number of pyridine rings is 1. The maximum Gasteiger partial charge on any atom is 0.414 e. The first-order valence-electron chi connectivity index (χ1n) is 11.6. The van der Waals surface area contributed by atoms with Crippen LogP contribution in [0, 0.1) is 15.9 Å². The van der Waals surface area contributed by atoms with Gasteiger partial charge in [0.15, 0.2) is 0 Å². The Hall–Kier alpha value is -3.86. The molecular weight excluding hydrogens is 455 g/mol. The zero-order valence-corrected chi connectivity index (χ0v) is 19.1. The Kier molecular flexibility index (Phi) is 6.41. The molecule has 0 unspecified atom stereocenters. The first-order valence-corrected chi connectivity index (χ1v) is 11.6. The van der Waals surface area contributed by atoms with Crippen molar-refractivity contribution in [3.8, 4) is 17.3 Å². The number of carbonyl (C=O) groups excluding carboxylic acids is 1. The number of nitrogens with zero attached hydrogens (tertiary/aromatic N) is 6. The third-order valence-corrected chi connectivity index (χ3v) is 6.33. The molecule has 1 saturated heterocycles. The number of imidazole rings is 1. The van der Waals surface area contributed by atoms with E-state index in [0.717, 1.165) is 18.4 Å². The number of ether oxygens (including phenoxy) is 1. The molecule has 1 aromatic carbocycles. The van der Waals surface area contributed by atoms with Crippen molar-refractivity contribution in [2.24, 2.45) is 0 Å². The van der Waals surface area contributed by atoms with Gasteiger partial charge in [-0.2, -0.15) is 0 Å². The van der Waals surface area contributed by atoms with Crippen LogP contribution in [0.15, 0.2) is 42.7 Å². The number of benzene rings is 1. The lowest BCUT2D eigenvalue weighted by atomic mass is 10.1. The topological polar surface area (TPSA) is 107 Å². The predicted octanol–water partition coefficient (Wildman–Crippen LogP) is 3.12. The van der Waals surface area contributed by atoms with Gasteiger partial charge in [-0.3, -0.25) is 19.2 Å². The molecule has 4 heterocycles. The van der Waals surface area contributed by atoms with Crippen molar-refractivity contribution in [3.05, 3.63) is 69.8 Å². The highest BCUT2D eigenvalue weighted by molar-refractivity contribution is 5.95. The van der Waals surface area contributed by atoms with Crippen LogP contribution >= 0.6 is 0 Å². The number of carbonyl (C=O) groups is 1. The second kappa shape index (κ2) is 9.79. The van der Waals surface area contributed by atoms with Gasteiger partial charge in [0.05, 0.1) is 11.3 Å². The van der Waals surface area contributed by atoms with Crippen LogP contribution in [-0.2, 0) is 13.1 Å². The molecule has 0 bridgehead atoms. The van der Waals surface area contributed by atoms with Gasteiger partial charge in [0.2, 0.25) is 0 Å². The number of amides is 1. The fourth-order valence-electron chi connectivity index (χ4n) is 4.46. The van der Waals surface area contributed by atoms with Gasteiger partial charge in [-0.15, -0.1) is 0 Å².